The van der Waals surface area contributed by atoms with Crippen molar-refractivity contribution in [3.05, 3.63) is 59.3 Å². The van der Waals surface area contributed by atoms with Crippen molar-refractivity contribution >= 4 is 17.6 Å². The molecule has 0 bridgehead atoms. The van der Waals surface area contributed by atoms with Crippen LogP contribution < -0.4 is 15.5 Å². The third kappa shape index (κ3) is 5.84. The standard InChI is InChI=1S/C25H32N4O2/c30-24(12-14-26-25(31)21-7-2-1-3-8-21)28-17-19-10-11-23(27-16-19)29-15-13-20-6-4-5-9-22(20)18-29/h4-6,9-11,16,21H,1-3,7-8,12-15,17-18H2,(H,26,31)(H,28,30). The van der Waals surface area contributed by atoms with Gasteiger partial charge in [-0.2, -0.15) is 0 Å². The fraction of sp³-hybridized carbons (Fsp3) is 0.480. The molecule has 2 aliphatic rings. The van der Waals surface area contributed by atoms with Gasteiger partial charge in [0.05, 0.1) is 0 Å². The molecular formula is C25H32N4O2. The van der Waals surface area contributed by atoms with E-state index in [9.17, 15) is 9.59 Å². The van der Waals surface area contributed by atoms with Crippen molar-refractivity contribution in [1.82, 2.24) is 15.6 Å². The lowest BCUT2D eigenvalue weighted by atomic mass is 9.89. The van der Waals surface area contributed by atoms with E-state index in [2.05, 4.69) is 44.8 Å². The van der Waals surface area contributed by atoms with E-state index in [4.69, 9.17) is 0 Å². The number of fused-ring (bicyclic) bond motifs is 1. The van der Waals surface area contributed by atoms with E-state index in [1.165, 1.54) is 17.5 Å². The summed E-state index contributed by atoms with van der Waals surface area (Å²) < 4.78 is 0. The number of benzene rings is 1. The molecule has 2 N–H and O–H groups in total. The number of carbonyl (C=O) groups is 2. The van der Waals surface area contributed by atoms with Crippen molar-refractivity contribution in [2.24, 2.45) is 5.92 Å². The second-order valence-electron chi connectivity index (χ2n) is 8.62. The monoisotopic (exact) mass is 420 g/mol. The van der Waals surface area contributed by atoms with Gasteiger partial charge in [-0.05, 0) is 42.0 Å². The summed E-state index contributed by atoms with van der Waals surface area (Å²) in [7, 11) is 0. The first-order valence-corrected chi connectivity index (χ1v) is 11.5. The normalized spacial score (nSPS) is 16.5. The maximum absolute atomic E-state index is 12.1. The van der Waals surface area contributed by atoms with Gasteiger partial charge in [-0.25, -0.2) is 4.98 Å². The summed E-state index contributed by atoms with van der Waals surface area (Å²) in [6, 6.07) is 12.6. The molecule has 164 valence electrons. The fourth-order valence-electron chi connectivity index (χ4n) is 4.50. The number of hydrogen-bond donors (Lipinski definition) is 2. The van der Waals surface area contributed by atoms with Crippen molar-refractivity contribution in [2.45, 2.75) is 58.0 Å². The van der Waals surface area contributed by atoms with Gasteiger partial charge in [0.25, 0.3) is 0 Å². The Labute approximate surface area is 184 Å². The van der Waals surface area contributed by atoms with Gasteiger partial charge < -0.3 is 15.5 Å². The highest BCUT2D eigenvalue weighted by atomic mass is 16.2. The minimum Gasteiger partial charge on any atom is -0.355 e. The van der Waals surface area contributed by atoms with Gasteiger partial charge in [0.15, 0.2) is 0 Å². The number of pyridine rings is 1. The summed E-state index contributed by atoms with van der Waals surface area (Å²) in [5, 5.41) is 5.84. The topological polar surface area (TPSA) is 74.3 Å². The zero-order valence-corrected chi connectivity index (χ0v) is 18.1. The number of amides is 2. The van der Waals surface area contributed by atoms with Crippen molar-refractivity contribution in [1.29, 1.82) is 0 Å². The van der Waals surface area contributed by atoms with E-state index < -0.39 is 0 Å². The van der Waals surface area contributed by atoms with Crippen LogP contribution in [0.2, 0.25) is 0 Å². The molecule has 1 aromatic heterocycles. The van der Waals surface area contributed by atoms with Gasteiger partial charge in [0.1, 0.15) is 5.82 Å². The Morgan fingerprint density at radius 3 is 2.58 bits per heavy atom. The van der Waals surface area contributed by atoms with E-state index in [0.717, 1.165) is 56.6 Å². The average molecular weight is 421 g/mol. The summed E-state index contributed by atoms with van der Waals surface area (Å²) in [6.07, 6.45) is 8.63. The van der Waals surface area contributed by atoms with Crippen LogP contribution in [0.15, 0.2) is 42.6 Å². The predicted octanol–water partition coefficient (Wildman–Crippen LogP) is 3.35. The molecule has 4 rings (SSSR count). The molecule has 6 nitrogen and oxygen atoms in total. The minimum atomic E-state index is -0.0549. The summed E-state index contributed by atoms with van der Waals surface area (Å²) >= 11 is 0. The molecule has 1 saturated carbocycles. The molecule has 0 radical (unpaired) electrons. The molecule has 1 aromatic carbocycles. The van der Waals surface area contributed by atoms with Gasteiger partial charge in [0.2, 0.25) is 11.8 Å². The number of aromatic nitrogens is 1. The molecule has 2 amide bonds. The quantitative estimate of drug-likeness (QED) is 0.720. The van der Waals surface area contributed by atoms with Gasteiger partial charge >= 0.3 is 0 Å². The van der Waals surface area contributed by atoms with E-state index in [0.29, 0.717) is 19.5 Å². The maximum Gasteiger partial charge on any atom is 0.223 e. The Kier molecular flexibility index (Phi) is 7.18. The summed E-state index contributed by atoms with van der Waals surface area (Å²) in [5.41, 5.74) is 3.76. The first kappa shape index (κ1) is 21.3. The molecule has 1 aliphatic heterocycles. The number of anilines is 1. The van der Waals surface area contributed by atoms with Crippen LogP contribution in [0.3, 0.4) is 0 Å². The van der Waals surface area contributed by atoms with Gasteiger partial charge in [0, 0.05) is 44.7 Å². The number of nitrogens with zero attached hydrogens (tertiary/aromatic N) is 2. The van der Waals surface area contributed by atoms with Gasteiger partial charge in [-0.1, -0.05) is 49.6 Å². The predicted molar refractivity (Wildman–Crippen MR) is 121 cm³/mol. The smallest absolute Gasteiger partial charge is 0.223 e. The third-order valence-electron chi connectivity index (χ3n) is 6.38. The highest BCUT2D eigenvalue weighted by Gasteiger charge is 2.20. The lowest BCUT2D eigenvalue weighted by Crippen LogP contribution is -2.35. The summed E-state index contributed by atoms with van der Waals surface area (Å²) in [4.78, 5) is 31.1. The molecule has 2 aromatic rings. The SMILES string of the molecule is O=C(CCNC(=O)C1CCCCC1)NCc1ccc(N2CCc3ccccc3C2)nc1. The number of hydrogen-bond acceptors (Lipinski definition) is 4. The lowest BCUT2D eigenvalue weighted by Gasteiger charge is -2.29. The molecule has 31 heavy (non-hydrogen) atoms. The molecule has 0 atom stereocenters. The molecule has 2 heterocycles. The van der Waals surface area contributed by atoms with E-state index >= 15 is 0 Å². The molecular weight excluding hydrogens is 388 g/mol. The second kappa shape index (κ2) is 10.4. The Morgan fingerprint density at radius 1 is 1.00 bits per heavy atom. The maximum atomic E-state index is 12.1. The van der Waals surface area contributed by atoms with Gasteiger partial charge in [-0.3, -0.25) is 9.59 Å². The Morgan fingerprint density at radius 2 is 1.81 bits per heavy atom. The largest absolute Gasteiger partial charge is 0.355 e. The van der Waals surface area contributed by atoms with Crippen LogP contribution in [-0.2, 0) is 29.1 Å². The Hall–Kier alpha value is -2.89. The van der Waals surface area contributed by atoms with Crippen molar-refractivity contribution in [3.8, 4) is 0 Å². The number of rotatable bonds is 7. The van der Waals surface area contributed by atoms with Crippen molar-refractivity contribution in [3.63, 3.8) is 0 Å². The molecule has 6 heteroatoms. The zero-order valence-electron chi connectivity index (χ0n) is 18.1. The van der Waals surface area contributed by atoms with Gasteiger partial charge in [-0.15, -0.1) is 0 Å². The van der Waals surface area contributed by atoms with Crippen LogP contribution >= 0.6 is 0 Å². The molecule has 1 aliphatic carbocycles. The lowest BCUT2D eigenvalue weighted by molar-refractivity contribution is -0.126. The fourth-order valence-corrected chi connectivity index (χ4v) is 4.50. The highest BCUT2D eigenvalue weighted by Crippen LogP contribution is 2.24. The van der Waals surface area contributed by atoms with E-state index in [1.54, 1.807) is 0 Å². The average Bonchev–Trinajstić information content (AvgIpc) is 2.83. The van der Waals surface area contributed by atoms with Crippen LogP contribution in [0.5, 0.6) is 0 Å². The molecule has 0 saturated heterocycles. The molecule has 1 fully saturated rings. The minimum absolute atomic E-state index is 0.0549. The number of carbonyl (C=O) groups excluding carboxylic acids is 2. The van der Waals surface area contributed by atoms with Crippen LogP contribution in [-0.4, -0.2) is 29.9 Å². The van der Waals surface area contributed by atoms with Crippen molar-refractivity contribution < 1.29 is 9.59 Å². The Bertz CT molecular complexity index is 891. The summed E-state index contributed by atoms with van der Waals surface area (Å²) in [5.74, 6) is 1.15. The number of nitrogens with one attached hydrogen (secondary N) is 2. The molecule has 0 spiro atoms. The first-order chi connectivity index (χ1) is 15.2. The Balaban J connectivity index is 1.18. The first-order valence-electron chi connectivity index (χ1n) is 11.5. The zero-order chi connectivity index (χ0) is 21.5. The van der Waals surface area contributed by atoms with Crippen LogP contribution in [0, 0.1) is 5.92 Å². The van der Waals surface area contributed by atoms with E-state index in [1.807, 2.05) is 18.3 Å². The van der Waals surface area contributed by atoms with Crippen LogP contribution in [0.1, 0.15) is 55.2 Å². The van der Waals surface area contributed by atoms with Crippen LogP contribution in [0.25, 0.3) is 0 Å². The second-order valence-corrected chi connectivity index (χ2v) is 8.62. The third-order valence-corrected chi connectivity index (χ3v) is 6.38. The van der Waals surface area contributed by atoms with Crippen molar-refractivity contribution in [2.75, 3.05) is 18.0 Å². The highest BCUT2D eigenvalue weighted by molar-refractivity contribution is 5.80. The van der Waals surface area contributed by atoms with E-state index in [-0.39, 0.29) is 17.7 Å². The van der Waals surface area contributed by atoms with Crippen LogP contribution in [0.4, 0.5) is 5.82 Å². The summed E-state index contributed by atoms with van der Waals surface area (Å²) in [6.45, 7) is 2.69. The molecule has 0 unspecified atom stereocenters.